The fourth-order valence-corrected chi connectivity index (χ4v) is 3.06. The smallest absolute Gasteiger partial charge is 0.319 e. The molecule has 0 spiro atoms. The van der Waals surface area contributed by atoms with Gasteiger partial charge in [-0.15, -0.1) is 0 Å². The monoisotopic (exact) mass is 329 g/mol. The van der Waals surface area contributed by atoms with Crippen molar-refractivity contribution in [1.29, 1.82) is 0 Å². The van der Waals surface area contributed by atoms with E-state index in [2.05, 4.69) is 5.10 Å². The summed E-state index contributed by atoms with van der Waals surface area (Å²) in [5.41, 5.74) is 2.02. The molecule has 0 bridgehead atoms. The van der Waals surface area contributed by atoms with Gasteiger partial charge in [-0.25, -0.2) is 0 Å². The number of fused-ring (bicyclic) bond motifs is 3. The summed E-state index contributed by atoms with van der Waals surface area (Å²) in [7, 11) is 1.86. The minimum atomic E-state index is -4.31. The molecule has 2 heterocycles. The van der Waals surface area contributed by atoms with Crippen LogP contribution in [0, 0.1) is 0 Å². The predicted molar refractivity (Wildman–Crippen MR) is 86.8 cm³/mol. The molecule has 0 unspecified atom stereocenters. The van der Waals surface area contributed by atoms with Crippen molar-refractivity contribution in [2.75, 3.05) is 0 Å². The van der Waals surface area contributed by atoms with E-state index in [4.69, 9.17) is 0 Å². The molecule has 0 radical (unpaired) electrons. The van der Waals surface area contributed by atoms with E-state index in [1.165, 1.54) is 12.1 Å². The largest absolute Gasteiger partial charge is 0.416 e. The van der Waals surface area contributed by atoms with Gasteiger partial charge < -0.3 is 4.57 Å². The van der Waals surface area contributed by atoms with Crippen molar-refractivity contribution in [3.63, 3.8) is 0 Å². The van der Waals surface area contributed by atoms with Gasteiger partial charge in [-0.05, 0) is 23.8 Å². The second-order valence-corrected chi connectivity index (χ2v) is 5.84. The van der Waals surface area contributed by atoms with Crippen LogP contribution in [0.5, 0.6) is 0 Å². The molecule has 0 saturated heterocycles. The first-order valence-electron chi connectivity index (χ1n) is 7.50. The number of hydrogen-bond donors (Lipinski definition) is 0. The SMILES string of the molecule is Cn1cc2c3ccccc3n(Cc3ccc(C(F)(F)F)cc3)c2n1. The third kappa shape index (κ3) is 2.35. The number of benzene rings is 2. The highest BCUT2D eigenvalue weighted by Gasteiger charge is 2.29. The van der Waals surface area contributed by atoms with Crippen molar-refractivity contribution in [2.24, 2.45) is 7.05 Å². The number of alkyl halides is 3. The average Bonchev–Trinajstić information content (AvgIpc) is 3.05. The molecule has 0 N–H and O–H groups in total. The van der Waals surface area contributed by atoms with Crippen molar-refractivity contribution >= 4 is 21.9 Å². The standard InChI is InChI=1S/C18H14F3N3/c1-23-11-15-14-4-2-3-5-16(14)24(17(15)22-23)10-12-6-8-13(9-7-12)18(19,20)21/h2-9,11H,10H2,1H3. The van der Waals surface area contributed by atoms with Gasteiger partial charge in [0.15, 0.2) is 5.65 Å². The first kappa shape index (κ1) is 14.8. The Morgan fingerprint density at radius 1 is 0.958 bits per heavy atom. The molecule has 0 atom stereocenters. The zero-order valence-corrected chi connectivity index (χ0v) is 12.9. The Balaban J connectivity index is 1.81. The highest BCUT2D eigenvalue weighted by atomic mass is 19.4. The van der Waals surface area contributed by atoms with Crippen LogP contribution in [0.3, 0.4) is 0 Å². The van der Waals surface area contributed by atoms with Crippen molar-refractivity contribution in [3.05, 3.63) is 65.9 Å². The molecule has 122 valence electrons. The highest BCUT2D eigenvalue weighted by Crippen LogP contribution is 2.31. The Morgan fingerprint density at radius 2 is 1.67 bits per heavy atom. The van der Waals surface area contributed by atoms with E-state index in [0.717, 1.165) is 39.6 Å². The van der Waals surface area contributed by atoms with Crippen LogP contribution in [0.2, 0.25) is 0 Å². The zero-order valence-electron chi connectivity index (χ0n) is 12.9. The quantitative estimate of drug-likeness (QED) is 0.527. The molecule has 0 aliphatic rings. The molecular formula is C18H14F3N3. The van der Waals surface area contributed by atoms with Crippen LogP contribution in [0.15, 0.2) is 54.7 Å². The molecular weight excluding hydrogens is 315 g/mol. The maximum absolute atomic E-state index is 12.7. The van der Waals surface area contributed by atoms with Crippen molar-refractivity contribution in [3.8, 4) is 0 Å². The lowest BCUT2D eigenvalue weighted by molar-refractivity contribution is -0.137. The van der Waals surface area contributed by atoms with E-state index in [1.807, 2.05) is 42.1 Å². The third-order valence-electron chi connectivity index (χ3n) is 4.17. The summed E-state index contributed by atoms with van der Waals surface area (Å²) < 4.78 is 41.9. The minimum absolute atomic E-state index is 0.471. The lowest BCUT2D eigenvalue weighted by Gasteiger charge is -2.09. The average molecular weight is 329 g/mol. The lowest BCUT2D eigenvalue weighted by Crippen LogP contribution is -2.06. The van der Waals surface area contributed by atoms with E-state index in [0.29, 0.717) is 6.54 Å². The maximum Gasteiger partial charge on any atom is 0.416 e. The first-order chi connectivity index (χ1) is 11.4. The van der Waals surface area contributed by atoms with Crippen molar-refractivity contribution in [1.82, 2.24) is 14.3 Å². The molecule has 2 aromatic carbocycles. The summed E-state index contributed by atoms with van der Waals surface area (Å²) in [5, 5.41) is 6.63. The van der Waals surface area contributed by atoms with E-state index in [1.54, 1.807) is 4.68 Å². The Labute approximate surface area is 135 Å². The fraction of sp³-hybridized carbons (Fsp3) is 0.167. The zero-order chi connectivity index (χ0) is 16.9. The topological polar surface area (TPSA) is 22.8 Å². The van der Waals surface area contributed by atoms with Gasteiger partial charge in [-0.2, -0.15) is 18.3 Å². The van der Waals surface area contributed by atoms with Gasteiger partial charge in [0.2, 0.25) is 0 Å². The molecule has 4 rings (SSSR count). The van der Waals surface area contributed by atoms with Crippen LogP contribution in [-0.4, -0.2) is 14.3 Å². The normalized spacial score (nSPS) is 12.3. The molecule has 6 heteroatoms. The van der Waals surface area contributed by atoms with Gasteiger partial charge in [0, 0.05) is 30.6 Å². The predicted octanol–water partition coefficient (Wildman–Crippen LogP) is 4.60. The molecule has 0 amide bonds. The van der Waals surface area contributed by atoms with E-state index in [9.17, 15) is 13.2 Å². The van der Waals surface area contributed by atoms with Gasteiger partial charge in [0.25, 0.3) is 0 Å². The van der Waals surface area contributed by atoms with E-state index in [-0.39, 0.29) is 0 Å². The Hall–Kier alpha value is -2.76. The molecule has 0 aliphatic carbocycles. The number of aryl methyl sites for hydroxylation is 1. The Bertz CT molecular complexity index is 1020. The summed E-state index contributed by atoms with van der Waals surface area (Å²) in [5.74, 6) is 0. The van der Waals surface area contributed by atoms with Crippen LogP contribution in [0.1, 0.15) is 11.1 Å². The van der Waals surface area contributed by atoms with Crippen molar-refractivity contribution < 1.29 is 13.2 Å². The Kier molecular flexibility index (Phi) is 3.16. The summed E-state index contributed by atoms with van der Waals surface area (Å²) in [4.78, 5) is 0. The summed E-state index contributed by atoms with van der Waals surface area (Å²) in [6, 6.07) is 13.2. The van der Waals surface area contributed by atoms with Gasteiger partial charge in [-0.3, -0.25) is 4.68 Å². The third-order valence-corrected chi connectivity index (χ3v) is 4.17. The van der Waals surface area contributed by atoms with Crippen LogP contribution in [-0.2, 0) is 19.8 Å². The molecule has 0 aliphatic heterocycles. The molecule has 0 saturated carbocycles. The summed E-state index contributed by atoms with van der Waals surface area (Å²) in [6.07, 6.45) is -2.35. The van der Waals surface area contributed by atoms with E-state index >= 15 is 0 Å². The molecule has 2 aromatic heterocycles. The number of hydrogen-bond acceptors (Lipinski definition) is 1. The van der Waals surface area contributed by atoms with Gasteiger partial charge in [0.1, 0.15) is 0 Å². The fourth-order valence-electron chi connectivity index (χ4n) is 3.06. The number of nitrogens with zero attached hydrogens (tertiary/aromatic N) is 3. The highest BCUT2D eigenvalue weighted by molar-refractivity contribution is 6.06. The second kappa shape index (κ2) is 5.12. The van der Waals surface area contributed by atoms with Crippen LogP contribution < -0.4 is 0 Å². The van der Waals surface area contributed by atoms with Crippen LogP contribution in [0.4, 0.5) is 13.2 Å². The molecule has 4 aromatic rings. The number of halogens is 3. The van der Waals surface area contributed by atoms with E-state index < -0.39 is 11.7 Å². The van der Waals surface area contributed by atoms with Crippen molar-refractivity contribution in [2.45, 2.75) is 12.7 Å². The molecule has 24 heavy (non-hydrogen) atoms. The number of rotatable bonds is 2. The number of para-hydroxylation sites is 1. The molecule has 3 nitrogen and oxygen atoms in total. The van der Waals surface area contributed by atoms with Gasteiger partial charge in [0.05, 0.1) is 11.1 Å². The first-order valence-corrected chi connectivity index (χ1v) is 7.50. The maximum atomic E-state index is 12.7. The second-order valence-electron chi connectivity index (χ2n) is 5.84. The van der Waals surface area contributed by atoms with Crippen LogP contribution >= 0.6 is 0 Å². The Morgan fingerprint density at radius 3 is 2.38 bits per heavy atom. The molecule has 0 fully saturated rings. The van der Waals surface area contributed by atoms with Gasteiger partial charge >= 0.3 is 6.18 Å². The lowest BCUT2D eigenvalue weighted by atomic mass is 10.1. The summed E-state index contributed by atoms with van der Waals surface area (Å²) in [6.45, 7) is 0.471. The van der Waals surface area contributed by atoms with Gasteiger partial charge in [-0.1, -0.05) is 30.3 Å². The minimum Gasteiger partial charge on any atom is -0.319 e. The van der Waals surface area contributed by atoms with Crippen LogP contribution in [0.25, 0.3) is 21.9 Å². The number of aromatic nitrogens is 3. The summed E-state index contributed by atoms with van der Waals surface area (Å²) >= 11 is 0.